The molecule has 0 saturated heterocycles. The van der Waals surface area contributed by atoms with Crippen LogP contribution in [0.4, 0.5) is 10.5 Å². The number of ether oxygens (including phenoxy) is 1. The van der Waals surface area contributed by atoms with Gasteiger partial charge in [-0.3, -0.25) is 9.59 Å². The number of anilines is 1. The minimum atomic E-state index is -0.552. The average molecular weight is 335 g/mol. The Morgan fingerprint density at radius 2 is 1.88 bits per heavy atom. The molecule has 0 aliphatic carbocycles. The molecule has 1 rings (SSSR count). The number of primary amides is 1. The molecule has 0 aromatic heterocycles. The lowest BCUT2D eigenvalue weighted by Gasteiger charge is -2.09. The van der Waals surface area contributed by atoms with Gasteiger partial charge in [-0.15, -0.1) is 0 Å². The van der Waals surface area contributed by atoms with E-state index in [2.05, 4.69) is 10.6 Å². The molecule has 24 heavy (non-hydrogen) atoms. The van der Waals surface area contributed by atoms with E-state index < -0.39 is 12.0 Å². The number of unbranched alkanes of at least 4 members (excludes halogenated alkanes) is 2. The summed E-state index contributed by atoms with van der Waals surface area (Å²) in [6.07, 6.45) is 2.39. The van der Waals surface area contributed by atoms with E-state index in [0.717, 1.165) is 24.0 Å². The fourth-order valence-corrected chi connectivity index (χ4v) is 2.14. The molecule has 132 valence electrons. The number of urea groups is 1. The third-order valence-electron chi connectivity index (χ3n) is 3.38. The van der Waals surface area contributed by atoms with Crippen molar-refractivity contribution in [1.29, 1.82) is 0 Å². The summed E-state index contributed by atoms with van der Waals surface area (Å²) in [5.41, 5.74) is 7.72. The Hall–Kier alpha value is -2.57. The second-order valence-corrected chi connectivity index (χ2v) is 5.63. The first kappa shape index (κ1) is 19.5. The molecule has 0 aliphatic heterocycles. The topological polar surface area (TPSA) is 111 Å². The van der Waals surface area contributed by atoms with Crippen molar-refractivity contribution in [2.24, 2.45) is 5.73 Å². The normalized spacial score (nSPS) is 10.1. The molecule has 1 aromatic rings. The lowest BCUT2D eigenvalue weighted by molar-refractivity contribution is -0.147. The quantitative estimate of drug-likeness (QED) is 0.473. The molecule has 0 fully saturated rings. The van der Waals surface area contributed by atoms with Gasteiger partial charge >= 0.3 is 12.0 Å². The molecule has 0 atom stereocenters. The predicted molar refractivity (Wildman–Crippen MR) is 91.6 cm³/mol. The number of aryl methyl sites for hydroxylation is 2. The van der Waals surface area contributed by atoms with Crippen molar-refractivity contribution in [2.75, 3.05) is 18.5 Å². The van der Waals surface area contributed by atoms with Gasteiger partial charge in [0.15, 0.2) is 6.61 Å². The van der Waals surface area contributed by atoms with Crippen LogP contribution in [0.25, 0.3) is 0 Å². The number of carbonyl (C=O) groups excluding carboxylic acids is 3. The monoisotopic (exact) mass is 335 g/mol. The third-order valence-corrected chi connectivity index (χ3v) is 3.38. The predicted octanol–water partition coefficient (Wildman–Crippen LogP) is 2.01. The number of amides is 3. The zero-order chi connectivity index (χ0) is 17.9. The summed E-state index contributed by atoms with van der Waals surface area (Å²) in [5, 5.41) is 5.19. The molecule has 0 bridgehead atoms. The highest BCUT2D eigenvalue weighted by molar-refractivity contribution is 5.93. The van der Waals surface area contributed by atoms with Crippen LogP contribution in [0.1, 0.15) is 36.8 Å². The van der Waals surface area contributed by atoms with Crippen molar-refractivity contribution in [3.05, 3.63) is 29.3 Å². The molecule has 0 saturated carbocycles. The van der Waals surface area contributed by atoms with Crippen LogP contribution >= 0.6 is 0 Å². The highest BCUT2D eigenvalue weighted by Crippen LogP contribution is 2.15. The summed E-state index contributed by atoms with van der Waals surface area (Å²) in [5.74, 6) is -0.769. The second kappa shape index (κ2) is 10.3. The van der Waals surface area contributed by atoms with E-state index >= 15 is 0 Å². The van der Waals surface area contributed by atoms with E-state index in [9.17, 15) is 14.4 Å². The maximum atomic E-state index is 11.8. The van der Waals surface area contributed by atoms with Crippen LogP contribution in [0.15, 0.2) is 18.2 Å². The number of nitrogens with two attached hydrogens (primary N) is 1. The van der Waals surface area contributed by atoms with Gasteiger partial charge in [0.25, 0.3) is 5.91 Å². The van der Waals surface area contributed by atoms with Crippen LogP contribution < -0.4 is 16.4 Å². The Kier molecular flexibility index (Phi) is 8.32. The molecule has 1 aromatic carbocycles. The van der Waals surface area contributed by atoms with Crippen LogP contribution in [0.5, 0.6) is 0 Å². The van der Waals surface area contributed by atoms with Gasteiger partial charge in [-0.2, -0.15) is 0 Å². The Balaban J connectivity index is 2.17. The number of hydrogen-bond acceptors (Lipinski definition) is 4. The second-order valence-electron chi connectivity index (χ2n) is 5.63. The van der Waals surface area contributed by atoms with Gasteiger partial charge in [0.05, 0.1) is 0 Å². The largest absolute Gasteiger partial charge is 0.456 e. The zero-order valence-electron chi connectivity index (χ0n) is 14.2. The van der Waals surface area contributed by atoms with E-state index in [0.29, 0.717) is 18.7 Å². The number of rotatable bonds is 9. The summed E-state index contributed by atoms with van der Waals surface area (Å²) in [6, 6.07) is 5.14. The minimum absolute atomic E-state index is 0.243. The Morgan fingerprint density at radius 1 is 1.12 bits per heavy atom. The van der Waals surface area contributed by atoms with E-state index in [-0.39, 0.29) is 18.9 Å². The lowest BCUT2D eigenvalue weighted by atomic mass is 10.1. The molecule has 4 N–H and O–H groups in total. The molecule has 7 heteroatoms. The van der Waals surface area contributed by atoms with Crippen molar-refractivity contribution >= 4 is 23.6 Å². The minimum Gasteiger partial charge on any atom is -0.456 e. The van der Waals surface area contributed by atoms with Gasteiger partial charge in [-0.05, 0) is 38.3 Å². The highest BCUT2D eigenvalue weighted by Gasteiger charge is 2.09. The number of carbonyl (C=O) groups is 3. The van der Waals surface area contributed by atoms with Crippen LogP contribution in [0.3, 0.4) is 0 Å². The van der Waals surface area contributed by atoms with Gasteiger partial charge in [0, 0.05) is 18.7 Å². The fourth-order valence-electron chi connectivity index (χ4n) is 2.14. The van der Waals surface area contributed by atoms with Crippen molar-refractivity contribution < 1.29 is 19.1 Å². The van der Waals surface area contributed by atoms with Gasteiger partial charge in [0.2, 0.25) is 0 Å². The molecule has 0 unspecified atom stereocenters. The van der Waals surface area contributed by atoms with Gasteiger partial charge in [-0.25, -0.2) is 4.79 Å². The molecule has 0 spiro atoms. The lowest BCUT2D eigenvalue weighted by Crippen LogP contribution is -2.29. The maximum absolute atomic E-state index is 11.8. The first-order valence-corrected chi connectivity index (χ1v) is 7.94. The van der Waals surface area contributed by atoms with Crippen molar-refractivity contribution in [3.8, 4) is 0 Å². The van der Waals surface area contributed by atoms with Crippen LogP contribution in [-0.2, 0) is 14.3 Å². The standard InChI is InChI=1S/C17H25N3O4/c1-12-7-8-14(13(2)10-12)20-15(21)11-24-16(22)6-4-3-5-9-19-17(18)23/h7-8,10H,3-6,9,11H2,1-2H3,(H,20,21)(H3,18,19,23). The van der Waals surface area contributed by atoms with Crippen molar-refractivity contribution in [1.82, 2.24) is 5.32 Å². The summed E-state index contributed by atoms with van der Waals surface area (Å²) in [6.45, 7) is 4.07. The Bertz CT molecular complexity index is 587. The number of esters is 1. The smallest absolute Gasteiger partial charge is 0.312 e. The third kappa shape index (κ3) is 8.17. The van der Waals surface area contributed by atoms with Crippen LogP contribution in [-0.4, -0.2) is 31.1 Å². The van der Waals surface area contributed by atoms with Gasteiger partial charge in [0.1, 0.15) is 0 Å². The first-order chi connectivity index (χ1) is 11.4. The Labute approximate surface area is 141 Å². The first-order valence-electron chi connectivity index (χ1n) is 7.94. The molecular formula is C17H25N3O4. The zero-order valence-corrected chi connectivity index (χ0v) is 14.2. The SMILES string of the molecule is Cc1ccc(NC(=O)COC(=O)CCCCCNC(N)=O)c(C)c1. The number of hydrogen-bond donors (Lipinski definition) is 3. The fraction of sp³-hybridized carbons (Fsp3) is 0.471. The molecule has 0 heterocycles. The number of nitrogens with one attached hydrogen (secondary N) is 2. The van der Waals surface area contributed by atoms with Gasteiger partial charge in [-0.1, -0.05) is 24.1 Å². The van der Waals surface area contributed by atoms with Crippen molar-refractivity contribution in [3.63, 3.8) is 0 Å². The highest BCUT2D eigenvalue weighted by atomic mass is 16.5. The van der Waals surface area contributed by atoms with E-state index in [1.807, 2.05) is 32.0 Å². The van der Waals surface area contributed by atoms with Crippen LogP contribution in [0.2, 0.25) is 0 Å². The van der Waals surface area contributed by atoms with E-state index in [1.54, 1.807) is 0 Å². The molecule has 0 radical (unpaired) electrons. The average Bonchev–Trinajstić information content (AvgIpc) is 2.51. The summed E-state index contributed by atoms with van der Waals surface area (Å²) < 4.78 is 4.94. The number of benzene rings is 1. The summed E-state index contributed by atoms with van der Waals surface area (Å²) in [7, 11) is 0. The summed E-state index contributed by atoms with van der Waals surface area (Å²) in [4.78, 5) is 33.8. The Morgan fingerprint density at radius 3 is 2.54 bits per heavy atom. The molecule has 7 nitrogen and oxygen atoms in total. The van der Waals surface area contributed by atoms with Gasteiger partial charge < -0.3 is 21.1 Å². The maximum Gasteiger partial charge on any atom is 0.312 e. The molecule has 3 amide bonds. The molecular weight excluding hydrogens is 310 g/mol. The van der Waals surface area contributed by atoms with Crippen molar-refractivity contribution in [2.45, 2.75) is 39.5 Å². The summed E-state index contributed by atoms with van der Waals surface area (Å²) >= 11 is 0. The van der Waals surface area contributed by atoms with E-state index in [1.165, 1.54) is 0 Å². The molecule has 0 aliphatic rings. The van der Waals surface area contributed by atoms with Crippen LogP contribution in [0, 0.1) is 13.8 Å². The van der Waals surface area contributed by atoms with E-state index in [4.69, 9.17) is 10.5 Å².